The van der Waals surface area contributed by atoms with Crippen molar-refractivity contribution >= 4 is 20.0 Å². The van der Waals surface area contributed by atoms with Gasteiger partial charge >= 0.3 is 0 Å². The SMILES string of the molecule is CS(=O)(=O)N1CCC(c2nc(-c3ccc(S(=O)(=O)N4CCOCC4)cc3)no2)CC1. The van der Waals surface area contributed by atoms with Gasteiger partial charge in [-0.05, 0) is 37.1 Å². The zero-order valence-corrected chi connectivity index (χ0v) is 18.2. The summed E-state index contributed by atoms with van der Waals surface area (Å²) in [4.78, 5) is 4.66. The van der Waals surface area contributed by atoms with Crippen LogP contribution in [0.15, 0.2) is 33.7 Å². The summed E-state index contributed by atoms with van der Waals surface area (Å²) in [5.74, 6) is 0.860. The Kier molecular flexibility index (Phi) is 5.95. The molecule has 0 N–H and O–H groups in total. The number of hydrogen-bond acceptors (Lipinski definition) is 8. The van der Waals surface area contributed by atoms with Gasteiger partial charge in [-0.2, -0.15) is 9.29 Å². The van der Waals surface area contributed by atoms with Crippen LogP contribution in [0.1, 0.15) is 24.7 Å². The van der Waals surface area contributed by atoms with E-state index in [0.29, 0.717) is 69.5 Å². The second-order valence-electron chi connectivity index (χ2n) is 7.43. The van der Waals surface area contributed by atoms with Crippen LogP contribution in [0.25, 0.3) is 11.4 Å². The van der Waals surface area contributed by atoms with E-state index in [2.05, 4.69) is 10.1 Å². The van der Waals surface area contributed by atoms with Gasteiger partial charge in [0, 0.05) is 37.7 Å². The first kappa shape index (κ1) is 21.4. The molecule has 2 saturated heterocycles. The highest BCUT2D eigenvalue weighted by Gasteiger charge is 2.29. The van der Waals surface area contributed by atoms with Crippen LogP contribution in [-0.2, 0) is 24.8 Å². The molecule has 2 aliphatic rings. The Morgan fingerprint density at radius 1 is 0.933 bits per heavy atom. The van der Waals surface area contributed by atoms with Crippen LogP contribution < -0.4 is 0 Å². The van der Waals surface area contributed by atoms with Gasteiger partial charge in [-0.1, -0.05) is 5.16 Å². The summed E-state index contributed by atoms with van der Waals surface area (Å²) >= 11 is 0. The molecule has 0 saturated carbocycles. The lowest BCUT2D eigenvalue weighted by molar-refractivity contribution is 0.0730. The molecule has 0 spiro atoms. The first-order valence-corrected chi connectivity index (χ1v) is 13.0. The Bertz CT molecular complexity index is 1080. The van der Waals surface area contributed by atoms with Gasteiger partial charge in [0.2, 0.25) is 31.8 Å². The lowest BCUT2D eigenvalue weighted by Gasteiger charge is -2.28. The molecule has 12 heteroatoms. The molecule has 1 aromatic heterocycles. The average Bonchev–Trinajstić information content (AvgIpc) is 3.24. The van der Waals surface area contributed by atoms with Gasteiger partial charge in [0.25, 0.3) is 0 Å². The van der Waals surface area contributed by atoms with Crippen molar-refractivity contribution in [3.05, 3.63) is 30.2 Å². The number of rotatable bonds is 5. The number of morpholine rings is 1. The van der Waals surface area contributed by atoms with E-state index < -0.39 is 20.0 Å². The molecule has 164 valence electrons. The van der Waals surface area contributed by atoms with E-state index in [1.54, 1.807) is 24.3 Å². The van der Waals surface area contributed by atoms with E-state index in [4.69, 9.17) is 9.26 Å². The van der Waals surface area contributed by atoms with Crippen molar-refractivity contribution in [1.29, 1.82) is 0 Å². The molecular weight excluding hydrogens is 432 g/mol. The normalized spacial score (nSPS) is 20.4. The van der Waals surface area contributed by atoms with Crippen LogP contribution in [-0.4, -0.2) is 81.2 Å². The predicted octanol–water partition coefficient (Wildman–Crippen LogP) is 0.897. The number of sulfonamides is 2. The topological polar surface area (TPSA) is 123 Å². The highest BCUT2D eigenvalue weighted by molar-refractivity contribution is 7.89. The molecule has 4 rings (SSSR count). The fourth-order valence-corrected chi connectivity index (χ4v) is 5.95. The molecule has 0 bridgehead atoms. The van der Waals surface area contributed by atoms with Gasteiger partial charge in [-0.15, -0.1) is 0 Å². The molecule has 0 unspecified atom stereocenters. The van der Waals surface area contributed by atoms with Gasteiger partial charge in [0.1, 0.15) is 0 Å². The smallest absolute Gasteiger partial charge is 0.243 e. The molecular formula is C18H24N4O6S2. The minimum absolute atomic E-state index is 0.00483. The molecule has 0 radical (unpaired) electrons. The second kappa shape index (κ2) is 8.35. The Balaban J connectivity index is 1.45. The first-order chi connectivity index (χ1) is 14.2. The van der Waals surface area contributed by atoms with E-state index in [1.165, 1.54) is 14.9 Å². The molecule has 0 aliphatic carbocycles. The molecule has 30 heavy (non-hydrogen) atoms. The van der Waals surface area contributed by atoms with Crippen molar-refractivity contribution in [2.75, 3.05) is 45.6 Å². The van der Waals surface area contributed by atoms with Crippen molar-refractivity contribution in [2.45, 2.75) is 23.7 Å². The maximum absolute atomic E-state index is 12.7. The van der Waals surface area contributed by atoms with Crippen molar-refractivity contribution in [2.24, 2.45) is 0 Å². The van der Waals surface area contributed by atoms with Gasteiger partial charge in [-0.3, -0.25) is 0 Å². The Morgan fingerprint density at radius 2 is 1.57 bits per heavy atom. The quantitative estimate of drug-likeness (QED) is 0.650. The minimum Gasteiger partial charge on any atom is -0.379 e. The van der Waals surface area contributed by atoms with Crippen LogP contribution in [0, 0.1) is 0 Å². The summed E-state index contributed by atoms with van der Waals surface area (Å²) in [5, 5.41) is 4.02. The highest BCUT2D eigenvalue weighted by atomic mass is 32.2. The third-order valence-electron chi connectivity index (χ3n) is 5.43. The molecule has 2 aliphatic heterocycles. The Labute approximate surface area is 175 Å². The van der Waals surface area contributed by atoms with Crippen LogP contribution >= 0.6 is 0 Å². The number of aromatic nitrogens is 2. The van der Waals surface area contributed by atoms with E-state index in [1.807, 2.05) is 0 Å². The Morgan fingerprint density at radius 3 is 2.17 bits per heavy atom. The number of piperidine rings is 1. The fraction of sp³-hybridized carbons (Fsp3) is 0.556. The summed E-state index contributed by atoms with van der Waals surface area (Å²) in [7, 11) is -6.74. The summed E-state index contributed by atoms with van der Waals surface area (Å²) in [5.41, 5.74) is 0.652. The lowest BCUT2D eigenvalue weighted by atomic mass is 9.98. The van der Waals surface area contributed by atoms with Gasteiger partial charge in [0.15, 0.2) is 0 Å². The zero-order chi connectivity index (χ0) is 21.4. The predicted molar refractivity (Wildman–Crippen MR) is 108 cm³/mol. The maximum Gasteiger partial charge on any atom is 0.243 e. The molecule has 2 aromatic rings. The molecule has 2 fully saturated rings. The monoisotopic (exact) mass is 456 g/mol. The van der Waals surface area contributed by atoms with Crippen LogP contribution in [0.5, 0.6) is 0 Å². The number of nitrogens with zero attached hydrogens (tertiary/aromatic N) is 4. The van der Waals surface area contributed by atoms with E-state index in [9.17, 15) is 16.8 Å². The maximum atomic E-state index is 12.7. The number of hydrogen-bond donors (Lipinski definition) is 0. The third kappa shape index (κ3) is 4.42. The van der Waals surface area contributed by atoms with Gasteiger partial charge < -0.3 is 9.26 Å². The fourth-order valence-electron chi connectivity index (χ4n) is 3.66. The largest absolute Gasteiger partial charge is 0.379 e. The standard InChI is InChI=1S/C18H24N4O6S2/c1-29(23,24)21-8-6-15(7-9-21)18-19-17(20-28-18)14-2-4-16(5-3-14)30(25,26)22-10-12-27-13-11-22/h2-5,15H,6-13H2,1H3. The highest BCUT2D eigenvalue weighted by Crippen LogP contribution is 2.29. The number of benzene rings is 1. The zero-order valence-electron chi connectivity index (χ0n) is 16.6. The molecule has 0 atom stereocenters. The number of ether oxygens (including phenoxy) is 1. The molecule has 0 amide bonds. The average molecular weight is 457 g/mol. The van der Waals surface area contributed by atoms with Crippen LogP contribution in [0.2, 0.25) is 0 Å². The summed E-state index contributed by atoms with van der Waals surface area (Å²) in [6, 6.07) is 6.41. The van der Waals surface area contributed by atoms with Gasteiger partial charge in [0.05, 0.1) is 24.4 Å². The summed E-state index contributed by atoms with van der Waals surface area (Å²) in [6.07, 6.45) is 2.44. The van der Waals surface area contributed by atoms with E-state index in [-0.39, 0.29) is 10.8 Å². The second-order valence-corrected chi connectivity index (χ2v) is 11.4. The Hall–Kier alpha value is -1.86. The summed E-state index contributed by atoms with van der Waals surface area (Å²) < 4.78 is 62.2. The van der Waals surface area contributed by atoms with Crippen molar-refractivity contribution in [3.8, 4) is 11.4 Å². The van der Waals surface area contributed by atoms with E-state index in [0.717, 1.165) is 0 Å². The van der Waals surface area contributed by atoms with Crippen molar-refractivity contribution in [1.82, 2.24) is 18.8 Å². The minimum atomic E-state index is -3.55. The molecule has 3 heterocycles. The van der Waals surface area contributed by atoms with Crippen molar-refractivity contribution < 1.29 is 26.1 Å². The van der Waals surface area contributed by atoms with Crippen LogP contribution in [0.4, 0.5) is 0 Å². The first-order valence-electron chi connectivity index (χ1n) is 9.72. The molecule has 10 nitrogen and oxygen atoms in total. The summed E-state index contributed by atoms with van der Waals surface area (Å²) in [6.45, 7) is 2.33. The van der Waals surface area contributed by atoms with Gasteiger partial charge in [-0.25, -0.2) is 21.1 Å². The van der Waals surface area contributed by atoms with Crippen LogP contribution in [0.3, 0.4) is 0 Å². The third-order valence-corrected chi connectivity index (χ3v) is 8.65. The van der Waals surface area contributed by atoms with E-state index >= 15 is 0 Å². The molecule has 1 aromatic carbocycles. The van der Waals surface area contributed by atoms with Crippen molar-refractivity contribution in [3.63, 3.8) is 0 Å². The lowest BCUT2D eigenvalue weighted by Crippen LogP contribution is -2.40.